The van der Waals surface area contributed by atoms with Crippen LogP contribution >= 0.6 is 11.6 Å². The number of carbonyl (C=O) groups excluding carboxylic acids is 1. The van der Waals surface area contributed by atoms with Gasteiger partial charge in [0.2, 0.25) is 0 Å². The summed E-state index contributed by atoms with van der Waals surface area (Å²) in [6.07, 6.45) is 5.19. The molecule has 0 spiro atoms. The summed E-state index contributed by atoms with van der Waals surface area (Å²) in [6.45, 7) is 0. The normalized spacial score (nSPS) is 10.3. The molecule has 18 heavy (non-hydrogen) atoms. The summed E-state index contributed by atoms with van der Waals surface area (Å²) < 4.78 is 0. The van der Waals surface area contributed by atoms with E-state index in [2.05, 4.69) is 4.98 Å². The lowest BCUT2D eigenvalue weighted by Gasteiger charge is -2.03. The Labute approximate surface area is 112 Å². The van der Waals surface area contributed by atoms with Gasteiger partial charge in [-0.05, 0) is 29.7 Å². The van der Waals surface area contributed by atoms with Crippen LogP contribution in [0.3, 0.4) is 0 Å². The number of pyridine rings is 1. The first-order valence-electron chi connectivity index (χ1n) is 5.90. The van der Waals surface area contributed by atoms with Gasteiger partial charge in [-0.25, -0.2) is 0 Å². The van der Waals surface area contributed by atoms with E-state index in [9.17, 15) is 4.79 Å². The van der Waals surface area contributed by atoms with Crippen LogP contribution in [-0.2, 0) is 17.6 Å². The molecule has 0 aliphatic carbocycles. The van der Waals surface area contributed by atoms with Crippen molar-refractivity contribution in [2.45, 2.75) is 19.3 Å². The summed E-state index contributed by atoms with van der Waals surface area (Å²) in [5.41, 5.74) is 1.99. The summed E-state index contributed by atoms with van der Waals surface area (Å²) in [5, 5.41) is 0.659. The quantitative estimate of drug-likeness (QED) is 0.823. The largest absolute Gasteiger partial charge is 0.299 e. The predicted molar refractivity (Wildman–Crippen MR) is 72.7 cm³/mol. The molecular formula is C15H14ClNO. The molecule has 0 saturated carbocycles. The molecule has 0 saturated heterocycles. The van der Waals surface area contributed by atoms with E-state index in [4.69, 9.17) is 11.6 Å². The molecule has 0 atom stereocenters. The van der Waals surface area contributed by atoms with Gasteiger partial charge in [0.05, 0.1) is 0 Å². The fourth-order valence-corrected chi connectivity index (χ4v) is 1.97. The Balaban J connectivity index is 1.88. The minimum Gasteiger partial charge on any atom is -0.299 e. The maximum atomic E-state index is 11.9. The van der Waals surface area contributed by atoms with Crippen molar-refractivity contribution in [3.05, 3.63) is 64.9 Å². The van der Waals surface area contributed by atoms with Gasteiger partial charge in [-0.15, -0.1) is 0 Å². The molecule has 0 aliphatic rings. The minimum absolute atomic E-state index is 0.201. The highest BCUT2D eigenvalue weighted by Gasteiger charge is 2.07. The molecule has 0 unspecified atom stereocenters. The van der Waals surface area contributed by atoms with Crippen molar-refractivity contribution in [1.82, 2.24) is 4.98 Å². The number of carbonyl (C=O) groups is 1. The van der Waals surface area contributed by atoms with E-state index in [0.29, 0.717) is 17.9 Å². The van der Waals surface area contributed by atoms with Crippen molar-refractivity contribution >= 4 is 17.4 Å². The van der Waals surface area contributed by atoms with Gasteiger partial charge in [-0.3, -0.25) is 9.78 Å². The van der Waals surface area contributed by atoms with E-state index in [1.807, 2.05) is 36.4 Å². The molecule has 0 bridgehead atoms. The second kappa shape index (κ2) is 6.31. The number of aryl methyl sites for hydroxylation is 1. The Hall–Kier alpha value is -1.67. The fourth-order valence-electron chi connectivity index (χ4n) is 1.77. The van der Waals surface area contributed by atoms with E-state index < -0.39 is 0 Å². The fraction of sp³-hybridized carbons (Fsp3) is 0.200. The van der Waals surface area contributed by atoms with Crippen molar-refractivity contribution in [2.24, 2.45) is 0 Å². The Kier molecular flexibility index (Phi) is 4.48. The molecule has 1 heterocycles. The highest BCUT2D eigenvalue weighted by Crippen LogP contribution is 2.16. The number of hydrogen-bond donors (Lipinski definition) is 0. The third-order valence-corrected chi connectivity index (χ3v) is 3.13. The van der Waals surface area contributed by atoms with E-state index in [1.165, 1.54) is 0 Å². The third kappa shape index (κ3) is 3.67. The number of Topliss-reactive ketones (excluding diaryl/α,β-unsaturated/α-hetero) is 1. The first-order chi connectivity index (χ1) is 8.75. The van der Waals surface area contributed by atoms with Crippen molar-refractivity contribution < 1.29 is 4.79 Å². The molecule has 0 amide bonds. The lowest BCUT2D eigenvalue weighted by atomic mass is 10.0. The van der Waals surface area contributed by atoms with Crippen LogP contribution in [0.4, 0.5) is 0 Å². The summed E-state index contributed by atoms with van der Waals surface area (Å²) in [4.78, 5) is 15.9. The standard InChI is InChI=1S/C15H14ClNO/c16-15-6-2-1-5-13(15)10-14(18)8-7-12-4-3-9-17-11-12/h1-6,9,11H,7-8,10H2. The van der Waals surface area contributed by atoms with Crippen molar-refractivity contribution in [2.75, 3.05) is 0 Å². The van der Waals surface area contributed by atoms with Gasteiger partial charge in [-0.2, -0.15) is 0 Å². The molecule has 0 fully saturated rings. The van der Waals surface area contributed by atoms with Crippen LogP contribution in [0, 0.1) is 0 Å². The summed E-state index contributed by atoms with van der Waals surface area (Å²) in [6, 6.07) is 11.3. The zero-order valence-electron chi connectivity index (χ0n) is 9.97. The van der Waals surface area contributed by atoms with Gasteiger partial charge < -0.3 is 0 Å². The molecule has 0 aliphatic heterocycles. The molecule has 2 rings (SSSR count). The monoisotopic (exact) mass is 259 g/mol. The molecule has 1 aromatic carbocycles. The van der Waals surface area contributed by atoms with E-state index >= 15 is 0 Å². The van der Waals surface area contributed by atoms with Crippen LogP contribution in [0.2, 0.25) is 5.02 Å². The van der Waals surface area contributed by atoms with Gasteiger partial charge in [0.1, 0.15) is 5.78 Å². The summed E-state index contributed by atoms with van der Waals surface area (Å²) in [7, 11) is 0. The minimum atomic E-state index is 0.201. The number of ketones is 1. The highest BCUT2D eigenvalue weighted by molar-refractivity contribution is 6.31. The van der Waals surface area contributed by atoms with Crippen molar-refractivity contribution in [3.63, 3.8) is 0 Å². The molecule has 0 radical (unpaired) electrons. The lowest BCUT2D eigenvalue weighted by molar-refractivity contribution is -0.118. The maximum Gasteiger partial charge on any atom is 0.137 e. The Bertz CT molecular complexity index is 525. The van der Waals surface area contributed by atoms with E-state index in [1.54, 1.807) is 12.4 Å². The lowest BCUT2D eigenvalue weighted by Crippen LogP contribution is -2.04. The van der Waals surface area contributed by atoms with Crippen LogP contribution in [0.15, 0.2) is 48.8 Å². The average Bonchev–Trinajstić information content (AvgIpc) is 2.40. The predicted octanol–water partition coefficient (Wildman–Crippen LogP) is 3.48. The van der Waals surface area contributed by atoms with Crippen LogP contribution in [0.1, 0.15) is 17.5 Å². The number of hydrogen-bond acceptors (Lipinski definition) is 2. The number of aromatic nitrogens is 1. The second-order valence-electron chi connectivity index (χ2n) is 4.17. The second-order valence-corrected chi connectivity index (χ2v) is 4.58. The molecule has 1 aromatic heterocycles. The number of halogens is 1. The Morgan fingerprint density at radius 3 is 2.72 bits per heavy atom. The highest BCUT2D eigenvalue weighted by atomic mass is 35.5. The van der Waals surface area contributed by atoms with Gasteiger partial charge in [-0.1, -0.05) is 35.9 Å². The molecule has 2 nitrogen and oxygen atoms in total. The topological polar surface area (TPSA) is 30.0 Å². The van der Waals surface area contributed by atoms with Gasteiger partial charge in [0.15, 0.2) is 0 Å². The molecule has 0 N–H and O–H groups in total. The molecule has 2 aromatic rings. The molecule has 3 heteroatoms. The summed E-state index contributed by atoms with van der Waals surface area (Å²) >= 11 is 6.02. The Morgan fingerprint density at radius 2 is 2.00 bits per heavy atom. The number of rotatable bonds is 5. The first kappa shape index (κ1) is 12.8. The summed E-state index contributed by atoms with van der Waals surface area (Å²) in [5.74, 6) is 0.201. The van der Waals surface area contributed by atoms with Crippen molar-refractivity contribution in [1.29, 1.82) is 0 Å². The van der Waals surface area contributed by atoms with Crippen LogP contribution in [0.5, 0.6) is 0 Å². The SMILES string of the molecule is O=C(CCc1cccnc1)Cc1ccccc1Cl. The number of nitrogens with zero attached hydrogens (tertiary/aromatic N) is 1. The van der Waals surface area contributed by atoms with E-state index in [-0.39, 0.29) is 5.78 Å². The van der Waals surface area contributed by atoms with Crippen LogP contribution < -0.4 is 0 Å². The molecule has 92 valence electrons. The van der Waals surface area contributed by atoms with Gasteiger partial charge in [0.25, 0.3) is 0 Å². The van der Waals surface area contributed by atoms with Crippen molar-refractivity contribution in [3.8, 4) is 0 Å². The van der Waals surface area contributed by atoms with Gasteiger partial charge >= 0.3 is 0 Å². The van der Waals surface area contributed by atoms with Crippen LogP contribution in [0.25, 0.3) is 0 Å². The molecular weight excluding hydrogens is 246 g/mol. The zero-order chi connectivity index (χ0) is 12.8. The first-order valence-corrected chi connectivity index (χ1v) is 6.27. The smallest absolute Gasteiger partial charge is 0.137 e. The zero-order valence-corrected chi connectivity index (χ0v) is 10.7. The third-order valence-electron chi connectivity index (χ3n) is 2.76. The van der Waals surface area contributed by atoms with E-state index in [0.717, 1.165) is 17.5 Å². The Morgan fingerprint density at radius 1 is 1.17 bits per heavy atom. The average molecular weight is 260 g/mol. The van der Waals surface area contributed by atoms with Crippen LogP contribution in [-0.4, -0.2) is 10.8 Å². The maximum absolute atomic E-state index is 11.9. The van der Waals surface area contributed by atoms with Gasteiger partial charge in [0, 0.05) is 30.3 Å². The number of benzene rings is 1.